The van der Waals surface area contributed by atoms with Crippen molar-refractivity contribution in [2.75, 3.05) is 0 Å². The van der Waals surface area contributed by atoms with Crippen LogP contribution >= 0.6 is 0 Å². The van der Waals surface area contributed by atoms with E-state index in [4.69, 9.17) is 4.98 Å². The van der Waals surface area contributed by atoms with E-state index in [1.54, 1.807) is 6.33 Å². The van der Waals surface area contributed by atoms with Crippen LogP contribution in [0.15, 0.2) is 30.6 Å². The van der Waals surface area contributed by atoms with E-state index in [-0.39, 0.29) is 0 Å². The topological polar surface area (TPSA) is 43.1 Å². The maximum absolute atomic E-state index is 4.73. The molecule has 3 aromatic rings. The van der Waals surface area contributed by atoms with Gasteiger partial charge in [0.1, 0.15) is 6.33 Å². The molecule has 0 N–H and O–H groups in total. The number of hydrogen-bond acceptors (Lipinski definition) is 3. The van der Waals surface area contributed by atoms with Crippen LogP contribution in [-0.4, -0.2) is 19.6 Å². The van der Waals surface area contributed by atoms with Crippen molar-refractivity contribution in [1.82, 2.24) is 19.6 Å². The van der Waals surface area contributed by atoms with Crippen LogP contribution in [0.1, 0.15) is 37.4 Å². The van der Waals surface area contributed by atoms with Gasteiger partial charge in [0.15, 0.2) is 11.5 Å². The molecule has 4 heteroatoms. The van der Waals surface area contributed by atoms with Crippen molar-refractivity contribution in [2.24, 2.45) is 0 Å². The van der Waals surface area contributed by atoms with E-state index in [1.807, 2.05) is 22.7 Å². The Morgan fingerprint density at radius 2 is 1.94 bits per heavy atom. The summed E-state index contributed by atoms with van der Waals surface area (Å²) in [7, 11) is 0. The first-order chi connectivity index (χ1) is 8.92. The predicted octanol–water partition coefficient (Wildman–Crippen LogP) is 2.94. The molecule has 1 aliphatic carbocycles. The number of fused-ring (bicyclic) bond motifs is 3. The average molecular weight is 238 g/mol. The van der Waals surface area contributed by atoms with Crippen molar-refractivity contribution >= 4 is 16.6 Å². The number of nitrogens with zero attached hydrogens (tertiary/aromatic N) is 4. The molecular formula is C14H14N4. The van der Waals surface area contributed by atoms with Crippen molar-refractivity contribution in [1.29, 1.82) is 0 Å². The highest BCUT2D eigenvalue weighted by Crippen LogP contribution is 2.32. The van der Waals surface area contributed by atoms with Crippen molar-refractivity contribution in [3.05, 3.63) is 36.4 Å². The summed E-state index contributed by atoms with van der Waals surface area (Å²) in [5, 5.41) is 5.67. The molecular weight excluding hydrogens is 224 g/mol. The largest absolute Gasteiger partial charge is 0.236 e. The molecule has 0 amide bonds. The van der Waals surface area contributed by atoms with E-state index in [0.29, 0.717) is 5.92 Å². The lowest BCUT2D eigenvalue weighted by molar-refractivity contribution is 0.665. The maximum atomic E-state index is 4.73. The van der Waals surface area contributed by atoms with Crippen LogP contribution in [-0.2, 0) is 0 Å². The second-order valence-electron chi connectivity index (χ2n) is 4.98. The summed E-state index contributed by atoms with van der Waals surface area (Å²) in [4.78, 5) is 9.14. The third-order valence-corrected chi connectivity index (χ3v) is 3.82. The lowest BCUT2D eigenvalue weighted by Gasteiger charge is -2.00. The number of aromatic nitrogens is 4. The fraction of sp³-hybridized carbons (Fsp3) is 0.357. The van der Waals surface area contributed by atoms with Gasteiger partial charge in [-0.1, -0.05) is 25.0 Å². The van der Waals surface area contributed by atoms with Gasteiger partial charge in [0, 0.05) is 11.3 Å². The fourth-order valence-electron chi connectivity index (χ4n) is 2.85. The quantitative estimate of drug-likeness (QED) is 0.654. The van der Waals surface area contributed by atoms with E-state index >= 15 is 0 Å². The second kappa shape index (κ2) is 3.77. The average Bonchev–Trinajstić information content (AvgIpc) is 3.07. The zero-order valence-electron chi connectivity index (χ0n) is 10.1. The molecule has 18 heavy (non-hydrogen) atoms. The summed E-state index contributed by atoms with van der Waals surface area (Å²) < 4.78 is 1.82. The van der Waals surface area contributed by atoms with Gasteiger partial charge in [-0.25, -0.2) is 14.5 Å². The van der Waals surface area contributed by atoms with Crippen LogP contribution in [0, 0.1) is 0 Å². The molecule has 4 nitrogen and oxygen atoms in total. The Morgan fingerprint density at radius 1 is 1.11 bits per heavy atom. The van der Waals surface area contributed by atoms with Crippen LogP contribution in [0.4, 0.5) is 0 Å². The molecule has 90 valence electrons. The molecule has 2 aromatic heterocycles. The predicted molar refractivity (Wildman–Crippen MR) is 69.5 cm³/mol. The number of benzene rings is 1. The van der Waals surface area contributed by atoms with Gasteiger partial charge in [-0.05, 0) is 25.0 Å². The van der Waals surface area contributed by atoms with Gasteiger partial charge in [-0.3, -0.25) is 0 Å². The van der Waals surface area contributed by atoms with E-state index in [1.165, 1.54) is 25.7 Å². The maximum Gasteiger partial charge on any atom is 0.166 e. The fourth-order valence-corrected chi connectivity index (χ4v) is 2.85. The molecule has 1 saturated carbocycles. The van der Waals surface area contributed by atoms with Crippen LogP contribution in [0.5, 0.6) is 0 Å². The Labute approximate surface area is 105 Å². The minimum Gasteiger partial charge on any atom is -0.236 e. The van der Waals surface area contributed by atoms with Crippen molar-refractivity contribution < 1.29 is 0 Å². The standard InChI is InChI=1S/C14H14N4/c1-2-6-10(5-1)13-16-14-11-7-3-4-8-12(11)15-9-18(14)17-13/h3-4,7-10H,1-2,5-6H2. The molecule has 4 rings (SSSR count). The van der Waals surface area contributed by atoms with Gasteiger partial charge in [0.05, 0.1) is 5.52 Å². The van der Waals surface area contributed by atoms with Crippen molar-refractivity contribution in [3.63, 3.8) is 0 Å². The van der Waals surface area contributed by atoms with Gasteiger partial charge < -0.3 is 0 Å². The van der Waals surface area contributed by atoms with Gasteiger partial charge in [0.2, 0.25) is 0 Å². The van der Waals surface area contributed by atoms with E-state index < -0.39 is 0 Å². The summed E-state index contributed by atoms with van der Waals surface area (Å²) in [6, 6.07) is 8.10. The lowest BCUT2D eigenvalue weighted by Crippen LogP contribution is -1.95. The van der Waals surface area contributed by atoms with Crippen LogP contribution < -0.4 is 0 Å². The van der Waals surface area contributed by atoms with Gasteiger partial charge >= 0.3 is 0 Å². The Hall–Kier alpha value is -1.97. The van der Waals surface area contributed by atoms with E-state index in [9.17, 15) is 0 Å². The second-order valence-corrected chi connectivity index (χ2v) is 4.98. The number of para-hydroxylation sites is 1. The van der Waals surface area contributed by atoms with E-state index in [2.05, 4.69) is 16.1 Å². The zero-order valence-corrected chi connectivity index (χ0v) is 10.1. The van der Waals surface area contributed by atoms with E-state index in [0.717, 1.165) is 22.4 Å². The molecule has 1 aliphatic rings. The summed E-state index contributed by atoms with van der Waals surface area (Å²) in [5.41, 5.74) is 1.91. The Morgan fingerprint density at radius 3 is 2.83 bits per heavy atom. The molecule has 1 fully saturated rings. The minimum atomic E-state index is 0.545. The van der Waals surface area contributed by atoms with Crippen LogP contribution in [0.3, 0.4) is 0 Å². The van der Waals surface area contributed by atoms with Crippen molar-refractivity contribution in [2.45, 2.75) is 31.6 Å². The van der Waals surface area contributed by atoms with Crippen LogP contribution in [0.25, 0.3) is 16.6 Å². The SMILES string of the molecule is c1ccc2c(c1)ncn1nc(C3CCCC3)nc21. The Balaban J connectivity index is 1.95. The first-order valence-corrected chi connectivity index (χ1v) is 6.52. The van der Waals surface area contributed by atoms with Gasteiger partial charge in [0.25, 0.3) is 0 Å². The minimum absolute atomic E-state index is 0.545. The molecule has 0 unspecified atom stereocenters. The molecule has 0 atom stereocenters. The molecule has 0 aliphatic heterocycles. The highest BCUT2D eigenvalue weighted by molar-refractivity contribution is 5.90. The third kappa shape index (κ3) is 1.41. The smallest absolute Gasteiger partial charge is 0.166 e. The highest BCUT2D eigenvalue weighted by atomic mass is 15.3. The molecule has 0 saturated heterocycles. The first kappa shape index (κ1) is 10.00. The number of rotatable bonds is 1. The highest BCUT2D eigenvalue weighted by Gasteiger charge is 2.21. The summed E-state index contributed by atoms with van der Waals surface area (Å²) in [6.45, 7) is 0. The summed E-state index contributed by atoms with van der Waals surface area (Å²) in [5.74, 6) is 1.54. The van der Waals surface area contributed by atoms with Gasteiger partial charge in [-0.2, -0.15) is 0 Å². The molecule has 0 radical (unpaired) electrons. The molecule has 1 aromatic carbocycles. The summed E-state index contributed by atoms with van der Waals surface area (Å²) >= 11 is 0. The molecule has 0 bridgehead atoms. The molecule has 2 heterocycles. The Kier molecular flexibility index (Phi) is 2.09. The Bertz CT molecular complexity index is 710. The van der Waals surface area contributed by atoms with Crippen molar-refractivity contribution in [3.8, 4) is 0 Å². The van der Waals surface area contributed by atoms with Gasteiger partial charge in [-0.15, -0.1) is 5.10 Å². The normalized spacial score (nSPS) is 16.9. The van der Waals surface area contributed by atoms with Crippen LogP contribution in [0.2, 0.25) is 0 Å². The summed E-state index contributed by atoms with van der Waals surface area (Å²) in [6.07, 6.45) is 6.83. The lowest BCUT2D eigenvalue weighted by atomic mass is 10.1. The monoisotopic (exact) mass is 238 g/mol. The zero-order chi connectivity index (χ0) is 11.9. The third-order valence-electron chi connectivity index (χ3n) is 3.82. The first-order valence-electron chi connectivity index (χ1n) is 6.52. The number of hydrogen-bond donors (Lipinski definition) is 0. The molecule has 0 spiro atoms.